The number of hydrogen-bond acceptors (Lipinski definition) is 2. The summed E-state index contributed by atoms with van der Waals surface area (Å²) in [5.74, 6) is 0. The van der Waals surface area contributed by atoms with Gasteiger partial charge >= 0.3 is 0 Å². The van der Waals surface area contributed by atoms with Gasteiger partial charge in [0, 0.05) is 5.56 Å². The Morgan fingerprint density at radius 1 is 1.60 bits per heavy atom. The minimum atomic E-state index is 0.785. The average molecular weight is 134 g/mol. The normalized spacial score (nSPS) is 10.5. The molecule has 0 unspecified atom stereocenters. The fourth-order valence-corrected chi connectivity index (χ4v) is 0.657. The van der Waals surface area contributed by atoms with E-state index < -0.39 is 0 Å². The fraction of sp³-hybridized carbons (Fsp3) is 0.125. The second-order valence-corrected chi connectivity index (χ2v) is 2.07. The van der Waals surface area contributed by atoms with Gasteiger partial charge in [-0.2, -0.15) is 0 Å². The van der Waals surface area contributed by atoms with E-state index >= 15 is 0 Å². The van der Waals surface area contributed by atoms with Crippen LogP contribution in [-0.2, 0) is 0 Å². The Bertz CT molecular complexity index is 226. The summed E-state index contributed by atoms with van der Waals surface area (Å²) in [5, 5.41) is 11.0. The molecule has 2 nitrogen and oxygen atoms in total. The molecule has 1 rings (SSSR count). The van der Waals surface area contributed by atoms with E-state index in [0.29, 0.717) is 0 Å². The first-order valence-electron chi connectivity index (χ1n) is 2.98. The van der Waals surface area contributed by atoms with Crippen LogP contribution in [0.2, 0.25) is 0 Å². The monoisotopic (exact) mass is 134 g/mol. The van der Waals surface area contributed by atoms with Crippen molar-refractivity contribution in [2.75, 3.05) is 0 Å². The van der Waals surface area contributed by atoms with Gasteiger partial charge < -0.3 is 5.21 Å². The predicted octanol–water partition coefficient (Wildman–Crippen LogP) is 1.60. The maximum Gasteiger partial charge on any atom is 0.0740 e. The first-order chi connectivity index (χ1) is 4.83. The molecule has 0 heterocycles. The molecule has 0 saturated heterocycles. The van der Waals surface area contributed by atoms with Crippen LogP contribution in [0.15, 0.2) is 23.4 Å². The van der Waals surface area contributed by atoms with Crippen LogP contribution in [0.25, 0.3) is 0 Å². The highest BCUT2D eigenvalue weighted by Gasteiger charge is 1.85. The Morgan fingerprint density at radius 3 is 2.90 bits per heavy atom. The molecular formula is C8H8NO. The Labute approximate surface area is 59.8 Å². The van der Waals surface area contributed by atoms with Crippen molar-refractivity contribution in [1.29, 1.82) is 0 Å². The van der Waals surface area contributed by atoms with Gasteiger partial charge in [-0.15, -0.1) is 0 Å². The lowest BCUT2D eigenvalue weighted by atomic mass is 10.2. The van der Waals surface area contributed by atoms with Gasteiger partial charge in [-0.1, -0.05) is 28.9 Å². The molecule has 0 aliphatic rings. The van der Waals surface area contributed by atoms with Crippen molar-refractivity contribution in [2.45, 2.75) is 6.92 Å². The molecule has 0 bridgehead atoms. The molecule has 0 aliphatic heterocycles. The topological polar surface area (TPSA) is 32.6 Å². The molecule has 0 fully saturated rings. The molecule has 0 aromatic heterocycles. The van der Waals surface area contributed by atoms with Crippen LogP contribution >= 0.6 is 0 Å². The van der Waals surface area contributed by atoms with Crippen LogP contribution in [0.5, 0.6) is 0 Å². The molecule has 1 radical (unpaired) electrons. The standard InChI is InChI=1S/C8H8NO/c1-7-2-4-8(5-3-7)6-9-10/h2-4,6,10H,1H3/b9-6-. The van der Waals surface area contributed by atoms with Gasteiger partial charge in [0.2, 0.25) is 0 Å². The first-order valence-corrected chi connectivity index (χ1v) is 2.98. The SMILES string of the molecule is Cc1c[c]c(/C=N\O)cc1. The van der Waals surface area contributed by atoms with Crippen LogP contribution in [0.3, 0.4) is 0 Å². The molecule has 51 valence electrons. The number of nitrogens with zero attached hydrogens (tertiary/aromatic N) is 1. The maximum atomic E-state index is 8.14. The van der Waals surface area contributed by atoms with Crippen molar-refractivity contribution in [1.82, 2.24) is 0 Å². The number of aryl methyl sites for hydroxylation is 1. The summed E-state index contributed by atoms with van der Waals surface area (Å²) in [6, 6.07) is 8.55. The van der Waals surface area contributed by atoms with Crippen molar-refractivity contribution in [3.8, 4) is 0 Å². The molecule has 0 amide bonds. The Hall–Kier alpha value is -1.31. The highest BCUT2D eigenvalue weighted by molar-refractivity contribution is 5.78. The quantitative estimate of drug-likeness (QED) is 0.353. The zero-order chi connectivity index (χ0) is 7.40. The Kier molecular flexibility index (Phi) is 2.05. The number of oxime groups is 1. The summed E-state index contributed by atoms with van der Waals surface area (Å²) in [4.78, 5) is 0. The van der Waals surface area contributed by atoms with Crippen molar-refractivity contribution in [3.63, 3.8) is 0 Å². The zero-order valence-electron chi connectivity index (χ0n) is 5.70. The third-order valence-corrected chi connectivity index (χ3v) is 1.19. The van der Waals surface area contributed by atoms with E-state index in [9.17, 15) is 0 Å². The maximum absolute atomic E-state index is 8.14. The fourth-order valence-electron chi connectivity index (χ4n) is 0.657. The number of rotatable bonds is 1. The first kappa shape index (κ1) is 6.81. The van der Waals surface area contributed by atoms with Crippen LogP contribution in [0.4, 0.5) is 0 Å². The lowest BCUT2D eigenvalue weighted by molar-refractivity contribution is 0.322. The molecule has 0 saturated carbocycles. The van der Waals surface area contributed by atoms with Crippen LogP contribution in [-0.4, -0.2) is 11.4 Å². The summed E-state index contributed by atoms with van der Waals surface area (Å²) in [6.45, 7) is 1.98. The Balaban J connectivity index is 2.89. The molecule has 1 aromatic rings. The van der Waals surface area contributed by atoms with Crippen LogP contribution in [0, 0.1) is 13.0 Å². The van der Waals surface area contributed by atoms with E-state index in [-0.39, 0.29) is 0 Å². The van der Waals surface area contributed by atoms with Gasteiger partial charge in [0.15, 0.2) is 0 Å². The zero-order valence-corrected chi connectivity index (χ0v) is 5.70. The Morgan fingerprint density at radius 2 is 2.40 bits per heavy atom. The lowest BCUT2D eigenvalue weighted by Crippen LogP contribution is -1.80. The van der Waals surface area contributed by atoms with Crippen molar-refractivity contribution >= 4 is 6.21 Å². The van der Waals surface area contributed by atoms with Gasteiger partial charge in [-0.25, -0.2) is 0 Å². The van der Waals surface area contributed by atoms with E-state index in [1.54, 1.807) is 0 Å². The summed E-state index contributed by atoms with van der Waals surface area (Å²) in [7, 11) is 0. The third-order valence-electron chi connectivity index (χ3n) is 1.19. The minimum absolute atomic E-state index is 0.785. The molecule has 1 aromatic carbocycles. The van der Waals surface area contributed by atoms with Crippen molar-refractivity contribution in [3.05, 3.63) is 35.4 Å². The van der Waals surface area contributed by atoms with Crippen LogP contribution in [0.1, 0.15) is 11.1 Å². The van der Waals surface area contributed by atoms with E-state index in [0.717, 1.165) is 11.1 Å². The second-order valence-electron chi connectivity index (χ2n) is 2.07. The van der Waals surface area contributed by atoms with E-state index in [1.165, 1.54) is 6.21 Å². The van der Waals surface area contributed by atoms with E-state index in [4.69, 9.17) is 5.21 Å². The largest absolute Gasteiger partial charge is 0.411 e. The third kappa shape index (κ3) is 1.58. The predicted molar refractivity (Wildman–Crippen MR) is 39.4 cm³/mol. The molecule has 0 aliphatic carbocycles. The minimum Gasteiger partial charge on any atom is -0.411 e. The van der Waals surface area contributed by atoms with Gasteiger partial charge in [0.25, 0.3) is 0 Å². The molecule has 0 atom stereocenters. The van der Waals surface area contributed by atoms with Gasteiger partial charge in [-0.3, -0.25) is 0 Å². The smallest absolute Gasteiger partial charge is 0.0740 e. The summed E-state index contributed by atoms with van der Waals surface area (Å²) < 4.78 is 0. The lowest BCUT2D eigenvalue weighted by Gasteiger charge is -1.90. The highest BCUT2D eigenvalue weighted by atomic mass is 16.4. The van der Waals surface area contributed by atoms with E-state index in [2.05, 4.69) is 11.2 Å². The summed E-state index contributed by atoms with van der Waals surface area (Å²) in [6.07, 6.45) is 1.35. The number of hydrogen-bond donors (Lipinski definition) is 1. The van der Waals surface area contributed by atoms with Gasteiger partial charge in [0.1, 0.15) is 0 Å². The van der Waals surface area contributed by atoms with Crippen LogP contribution < -0.4 is 0 Å². The number of benzene rings is 1. The highest BCUT2D eigenvalue weighted by Crippen LogP contribution is 1.98. The van der Waals surface area contributed by atoms with Crippen molar-refractivity contribution < 1.29 is 5.21 Å². The van der Waals surface area contributed by atoms with Crippen molar-refractivity contribution in [2.24, 2.45) is 5.16 Å². The average Bonchev–Trinajstić information content (AvgIpc) is 1.95. The molecule has 10 heavy (non-hydrogen) atoms. The molecule has 2 heteroatoms. The molecule has 1 N–H and O–H groups in total. The summed E-state index contributed by atoms with van der Waals surface area (Å²) >= 11 is 0. The summed E-state index contributed by atoms with van der Waals surface area (Å²) in [5.41, 5.74) is 1.93. The van der Waals surface area contributed by atoms with E-state index in [1.807, 2.05) is 25.1 Å². The molecule has 0 spiro atoms. The van der Waals surface area contributed by atoms with Gasteiger partial charge in [0.05, 0.1) is 6.21 Å². The second kappa shape index (κ2) is 3.01. The molecular weight excluding hydrogens is 126 g/mol. The van der Waals surface area contributed by atoms with Gasteiger partial charge in [-0.05, 0) is 13.0 Å².